The Balaban J connectivity index is 1.54. The van der Waals surface area contributed by atoms with E-state index in [4.69, 9.17) is 9.47 Å². The molecule has 2 N–H and O–H groups in total. The molecular weight excluding hydrogens is 286 g/mol. The summed E-state index contributed by atoms with van der Waals surface area (Å²) in [6, 6.07) is 7.45. The number of ether oxygens (including phenoxy) is 2. The first-order valence-corrected chi connectivity index (χ1v) is 7.03. The largest absolute Gasteiger partial charge is 0.489 e. The van der Waals surface area contributed by atoms with Crippen molar-refractivity contribution in [1.82, 2.24) is 25.9 Å². The second-order valence-electron chi connectivity index (χ2n) is 5.11. The minimum absolute atomic E-state index is 0.0350. The number of carbonyl (C=O) groups is 1. The zero-order valence-corrected chi connectivity index (χ0v) is 12.2. The van der Waals surface area contributed by atoms with E-state index < -0.39 is 0 Å². The van der Waals surface area contributed by atoms with Crippen molar-refractivity contribution in [3.8, 4) is 5.75 Å². The summed E-state index contributed by atoms with van der Waals surface area (Å²) >= 11 is 0. The maximum atomic E-state index is 11.4. The summed E-state index contributed by atoms with van der Waals surface area (Å²) in [6.45, 7) is 0.629. The number of tetrazole rings is 1. The number of hydrogen-bond acceptors (Lipinski definition) is 7. The monoisotopic (exact) mass is 303 g/mol. The van der Waals surface area contributed by atoms with Gasteiger partial charge in [0.05, 0.1) is 7.11 Å². The molecule has 0 saturated carbocycles. The number of benzene rings is 1. The fourth-order valence-corrected chi connectivity index (χ4v) is 2.43. The van der Waals surface area contributed by atoms with Gasteiger partial charge in [0.25, 0.3) is 0 Å². The molecule has 8 heteroatoms. The van der Waals surface area contributed by atoms with Gasteiger partial charge < -0.3 is 14.8 Å². The van der Waals surface area contributed by atoms with Crippen LogP contribution in [0.3, 0.4) is 0 Å². The zero-order chi connectivity index (χ0) is 15.4. The SMILES string of the molecule is COC(=O)[C@@H]1C[C@H](Oc2ccc(Cc3nn[nH]n3)cc2)CN1. The summed E-state index contributed by atoms with van der Waals surface area (Å²) in [6.07, 6.45) is 1.19. The van der Waals surface area contributed by atoms with Gasteiger partial charge in [-0.2, -0.15) is 5.21 Å². The number of esters is 1. The molecule has 2 aromatic rings. The van der Waals surface area contributed by atoms with Gasteiger partial charge in [0.15, 0.2) is 5.82 Å². The highest BCUT2D eigenvalue weighted by atomic mass is 16.5. The molecule has 8 nitrogen and oxygen atoms in total. The van der Waals surface area contributed by atoms with E-state index in [0.29, 0.717) is 25.2 Å². The number of rotatable bonds is 5. The van der Waals surface area contributed by atoms with E-state index in [1.165, 1.54) is 7.11 Å². The lowest BCUT2D eigenvalue weighted by molar-refractivity contribution is -0.142. The predicted molar refractivity (Wildman–Crippen MR) is 76.3 cm³/mol. The molecule has 1 aliphatic heterocycles. The standard InChI is InChI=1S/C14H17N5O3/c1-21-14(20)12-7-11(8-15-12)22-10-4-2-9(3-5-10)6-13-16-18-19-17-13/h2-5,11-12,15H,6-8H2,1H3,(H,16,17,18,19)/t11-,12-/m0/s1. The van der Waals surface area contributed by atoms with Crippen LogP contribution in [0.25, 0.3) is 0 Å². The molecule has 1 aromatic heterocycles. The maximum Gasteiger partial charge on any atom is 0.323 e. The average molecular weight is 303 g/mol. The lowest BCUT2D eigenvalue weighted by Crippen LogP contribution is -2.31. The van der Waals surface area contributed by atoms with E-state index in [1.807, 2.05) is 24.3 Å². The molecule has 2 heterocycles. The highest BCUT2D eigenvalue weighted by Gasteiger charge is 2.31. The number of methoxy groups -OCH3 is 1. The van der Waals surface area contributed by atoms with Crippen LogP contribution in [0.4, 0.5) is 0 Å². The quantitative estimate of drug-likeness (QED) is 0.754. The highest BCUT2D eigenvalue weighted by Crippen LogP contribution is 2.19. The van der Waals surface area contributed by atoms with Crippen LogP contribution in [-0.4, -0.2) is 52.4 Å². The third kappa shape index (κ3) is 3.40. The molecule has 1 saturated heterocycles. The molecule has 22 heavy (non-hydrogen) atoms. The fraction of sp³-hybridized carbons (Fsp3) is 0.429. The molecule has 0 unspecified atom stereocenters. The van der Waals surface area contributed by atoms with Gasteiger partial charge in [0, 0.05) is 19.4 Å². The molecule has 116 valence electrons. The zero-order valence-electron chi connectivity index (χ0n) is 12.2. The molecule has 1 fully saturated rings. The summed E-state index contributed by atoms with van der Waals surface area (Å²) < 4.78 is 10.6. The molecule has 1 aliphatic rings. The number of aromatic amines is 1. The number of H-pyrrole nitrogens is 1. The average Bonchev–Trinajstić information content (AvgIpc) is 3.20. The van der Waals surface area contributed by atoms with Crippen molar-refractivity contribution in [1.29, 1.82) is 0 Å². The molecule has 0 amide bonds. The minimum Gasteiger partial charge on any atom is -0.489 e. The Kier molecular flexibility index (Phi) is 4.29. The Morgan fingerprint density at radius 2 is 2.18 bits per heavy atom. The van der Waals surface area contributed by atoms with Crippen molar-refractivity contribution in [2.75, 3.05) is 13.7 Å². The number of carbonyl (C=O) groups excluding carboxylic acids is 1. The van der Waals surface area contributed by atoms with Crippen molar-refractivity contribution >= 4 is 5.97 Å². The summed E-state index contributed by atoms with van der Waals surface area (Å²) in [7, 11) is 1.39. The summed E-state index contributed by atoms with van der Waals surface area (Å²) in [5, 5.41) is 16.9. The van der Waals surface area contributed by atoms with Gasteiger partial charge in [-0.1, -0.05) is 17.3 Å². The van der Waals surface area contributed by atoms with Gasteiger partial charge in [-0.05, 0) is 17.7 Å². The Bertz CT molecular complexity index is 614. The van der Waals surface area contributed by atoms with Crippen LogP contribution in [0.15, 0.2) is 24.3 Å². The Morgan fingerprint density at radius 1 is 1.36 bits per heavy atom. The topological polar surface area (TPSA) is 102 Å². The first-order valence-electron chi connectivity index (χ1n) is 7.03. The fourth-order valence-electron chi connectivity index (χ4n) is 2.43. The lowest BCUT2D eigenvalue weighted by atomic mass is 10.1. The smallest absolute Gasteiger partial charge is 0.323 e. The first kappa shape index (κ1) is 14.5. The van der Waals surface area contributed by atoms with Crippen LogP contribution < -0.4 is 10.1 Å². The van der Waals surface area contributed by atoms with Crippen molar-refractivity contribution < 1.29 is 14.3 Å². The number of nitrogens with one attached hydrogen (secondary N) is 2. The van der Waals surface area contributed by atoms with E-state index >= 15 is 0 Å². The van der Waals surface area contributed by atoms with Crippen LogP contribution in [-0.2, 0) is 16.0 Å². The molecule has 0 spiro atoms. The number of aromatic nitrogens is 4. The van der Waals surface area contributed by atoms with E-state index in [1.54, 1.807) is 0 Å². The van der Waals surface area contributed by atoms with Crippen LogP contribution in [0.2, 0.25) is 0 Å². The van der Waals surface area contributed by atoms with Gasteiger partial charge in [0.1, 0.15) is 17.9 Å². The molecule has 0 bridgehead atoms. The van der Waals surface area contributed by atoms with E-state index in [9.17, 15) is 4.79 Å². The third-order valence-corrected chi connectivity index (χ3v) is 3.55. The Hall–Kier alpha value is -2.48. The molecule has 1 aromatic carbocycles. The first-order chi connectivity index (χ1) is 10.7. The summed E-state index contributed by atoms with van der Waals surface area (Å²) in [5.41, 5.74) is 1.07. The highest BCUT2D eigenvalue weighted by molar-refractivity contribution is 5.76. The van der Waals surface area contributed by atoms with Crippen molar-refractivity contribution in [2.24, 2.45) is 0 Å². The molecule has 2 atom stereocenters. The normalized spacial score (nSPS) is 20.8. The van der Waals surface area contributed by atoms with Gasteiger partial charge >= 0.3 is 5.97 Å². The Morgan fingerprint density at radius 3 is 2.86 bits per heavy atom. The van der Waals surface area contributed by atoms with Crippen LogP contribution in [0.1, 0.15) is 17.8 Å². The molecule has 0 aliphatic carbocycles. The lowest BCUT2D eigenvalue weighted by Gasteiger charge is -2.13. The second-order valence-corrected chi connectivity index (χ2v) is 5.11. The van der Waals surface area contributed by atoms with Crippen LogP contribution in [0, 0.1) is 0 Å². The van der Waals surface area contributed by atoms with Crippen LogP contribution >= 0.6 is 0 Å². The van der Waals surface area contributed by atoms with Gasteiger partial charge in [0.2, 0.25) is 0 Å². The minimum atomic E-state index is -0.285. The van der Waals surface area contributed by atoms with Gasteiger partial charge in [-0.25, -0.2) is 0 Å². The Labute approximate surface area is 127 Å². The van der Waals surface area contributed by atoms with Gasteiger partial charge in [-0.15, -0.1) is 10.2 Å². The summed E-state index contributed by atoms with van der Waals surface area (Å²) in [5.74, 6) is 1.17. The third-order valence-electron chi connectivity index (χ3n) is 3.55. The van der Waals surface area contributed by atoms with Crippen molar-refractivity contribution in [2.45, 2.75) is 25.0 Å². The van der Waals surface area contributed by atoms with E-state index in [0.717, 1.165) is 11.3 Å². The number of hydrogen-bond donors (Lipinski definition) is 2. The van der Waals surface area contributed by atoms with Crippen molar-refractivity contribution in [3.05, 3.63) is 35.7 Å². The maximum absolute atomic E-state index is 11.4. The summed E-state index contributed by atoms with van der Waals surface area (Å²) in [4.78, 5) is 11.4. The molecule has 3 rings (SSSR count). The molecule has 0 radical (unpaired) electrons. The van der Waals surface area contributed by atoms with Gasteiger partial charge in [-0.3, -0.25) is 4.79 Å². The number of nitrogens with zero attached hydrogens (tertiary/aromatic N) is 3. The van der Waals surface area contributed by atoms with Crippen LogP contribution in [0.5, 0.6) is 5.75 Å². The van der Waals surface area contributed by atoms with E-state index in [-0.39, 0.29) is 18.1 Å². The van der Waals surface area contributed by atoms with E-state index in [2.05, 4.69) is 25.9 Å². The predicted octanol–water partition coefficient (Wildman–Crippen LogP) is 0.0728. The molecular formula is C14H17N5O3. The second kappa shape index (κ2) is 6.52. The van der Waals surface area contributed by atoms with Crippen molar-refractivity contribution in [3.63, 3.8) is 0 Å².